The fourth-order valence-corrected chi connectivity index (χ4v) is 4.81. The Kier molecular flexibility index (Phi) is 15.6. The van der Waals surface area contributed by atoms with Gasteiger partial charge in [0.2, 0.25) is 0 Å². The van der Waals surface area contributed by atoms with Crippen molar-refractivity contribution in [2.24, 2.45) is 0 Å². The predicted octanol–water partition coefficient (Wildman–Crippen LogP) is 9.01. The number of carboxylic acids is 2. The first kappa shape index (κ1) is 29.2. The highest BCUT2D eigenvalue weighted by molar-refractivity contribution is 6.03. The molecule has 1 aromatic carbocycles. The molecule has 0 heterocycles. The number of benzene rings is 1. The van der Waals surface area contributed by atoms with Crippen LogP contribution in [0.4, 0.5) is 0 Å². The normalized spacial score (nSPS) is 11.3. The molecule has 0 aromatic heterocycles. The maximum atomic E-state index is 11.8. The van der Waals surface area contributed by atoms with Crippen LogP contribution in [0.5, 0.6) is 0 Å². The summed E-state index contributed by atoms with van der Waals surface area (Å²) in [6.45, 7) is 6.14. The number of hydrogen-bond acceptors (Lipinski definition) is 2. The van der Waals surface area contributed by atoms with Gasteiger partial charge in [-0.3, -0.25) is 0 Å². The predicted molar refractivity (Wildman–Crippen MR) is 138 cm³/mol. The number of hydrogen-bond donors (Lipinski definition) is 2. The molecule has 33 heavy (non-hydrogen) atoms. The Morgan fingerprint density at radius 1 is 0.667 bits per heavy atom. The van der Waals surface area contributed by atoms with Crippen LogP contribution in [-0.2, 0) is 6.42 Å². The second-order valence-corrected chi connectivity index (χ2v) is 9.88. The Balaban J connectivity index is 2.20. The van der Waals surface area contributed by atoms with E-state index in [0.717, 1.165) is 24.8 Å². The summed E-state index contributed by atoms with van der Waals surface area (Å²) in [5, 5.41) is 19.0. The summed E-state index contributed by atoms with van der Waals surface area (Å²) < 4.78 is 0. The van der Waals surface area contributed by atoms with Crippen molar-refractivity contribution >= 4 is 11.9 Å². The van der Waals surface area contributed by atoms with Gasteiger partial charge in [-0.05, 0) is 36.0 Å². The lowest BCUT2D eigenvalue weighted by molar-refractivity contribution is 0.0650. The van der Waals surface area contributed by atoms with Crippen LogP contribution in [0.1, 0.15) is 161 Å². The fourth-order valence-electron chi connectivity index (χ4n) is 4.81. The van der Waals surface area contributed by atoms with E-state index in [9.17, 15) is 19.8 Å². The van der Waals surface area contributed by atoms with Gasteiger partial charge in [-0.2, -0.15) is 0 Å². The Morgan fingerprint density at radius 2 is 1.09 bits per heavy atom. The van der Waals surface area contributed by atoms with Gasteiger partial charge in [0.15, 0.2) is 0 Å². The molecule has 0 amide bonds. The van der Waals surface area contributed by atoms with Crippen molar-refractivity contribution in [2.75, 3.05) is 0 Å². The second-order valence-electron chi connectivity index (χ2n) is 9.88. The third kappa shape index (κ3) is 11.7. The van der Waals surface area contributed by atoms with Crippen molar-refractivity contribution in [1.29, 1.82) is 0 Å². The minimum Gasteiger partial charge on any atom is -0.478 e. The molecular formula is C29H48O4. The maximum Gasteiger partial charge on any atom is 0.336 e. The van der Waals surface area contributed by atoms with E-state index in [1.807, 2.05) is 19.9 Å². The monoisotopic (exact) mass is 460 g/mol. The van der Waals surface area contributed by atoms with Crippen LogP contribution in [-0.4, -0.2) is 22.2 Å². The molecule has 0 aliphatic heterocycles. The van der Waals surface area contributed by atoms with Crippen LogP contribution < -0.4 is 0 Å². The van der Waals surface area contributed by atoms with E-state index in [0.29, 0.717) is 5.56 Å². The standard InChI is InChI=1S/C29H48O4/c1-4-5-6-7-8-9-10-11-12-13-14-15-16-17-18-19-20-24-21-22-25(28(30)31)27(29(32)33)26(24)23(2)3/h21-23H,4-20H2,1-3H3,(H,30,31)(H,32,33). The summed E-state index contributed by atoms with van der Waals surface area (Å²) in [5.74, 6) is -2.35. The molecule has 4 nitrogen and oxygen atoms in total. The van der Waals surface area contributed by atoms with E-state index < -0.39 is 11.9 Å². The number of unbranched alkanes of at least 4 members (excludes halogenated alkanes) is 15. The van der Waals surface area contributed by atoms with Crippen LogP contribution in [0.25, 0.3) is 0 Å². The van der Waals surface area contributed by atoms with E-state index in [1.165, 1.54) is 96.0 Å². The molecule has 0 fully saturated rings. The van der Waals surface area contributed by atoms with E-state index in [4.69, 9.17) is 0 Å². The highest BCUT2D eigenvalue weighted by atomic mass is 16.4. The lowest BCUT2D eigenvalue weighted by Crippen LogP contribution is -2.14. The minimum absolute atomic E-state index is 0.0218. The van der Waals surface area contributed by atoms with E-state index in [1.54, 1.807) is 0 Å². The molecule has 0 spiro atoms. The topological polar surface area (TPSA) is 74.6 Å². The van der Waals surface area contributed by atoms with Gasteiger partial charge in [0, 0.05) is 0 Å². The molecule has 0 saturated heterocycles. The van der Waals surface area contributed by atoms with Gasteiger partial charge in [-0.1, -0.05) is 123 Å². The molecule has 1 aromatic rings. The zero-order valence-corrected chi connectivity index (χ0v) is 21.5. The van der Waals surface area contributed by atoms with Crippen molar-refractivity contribution in [3.05, 3.63) is 34.4 Å². The molecule has 0 bridgehead atoms. The molecule has 0 atom stereocenters. The molecular weight excluding hydrogens is 412 g/mol. The fraction of sp³-hybridized carbons (Fsp3) is 0.724. The van der Waals surface area contributed by atoms with E-state index >= 15 is 0 Å². The van der Waals surface area contributed by atoms with Crippen molar-refractivity contribution in [3.63, 3.8) is 0 Å². The summed E-state index contributed by atoms with van der Waals surface area (Å²) >= 11 is 0. The van der Waals surface area contributed by atoms with Crippen LogP contribution >= 0.6 is 0 Å². The van der Waals surface area contributed by atoms with Crippen molar-refractivity contribution < 1.29 is 19.8 Å². The largest absolute Gasteiger partial charge is 0.478 e. The maximum absolute atomic E-state index is 11.8. The van der Waals surface area contributed by atoms with Crippen molar-refractivity contribution in [1.82, 2.24) is 0 Å². The van der Waals surface area contributed by atoms with E-state index in [-0.39, 0.29) is 17.0 Å². The first-order valence-electron chi connectivity index (χ1n) is 13.5. The lowest BCUT2D eigenvalue weighted by atomic mass is 9.86. The zero-order chi connectivity index (χ0) is 24.5. The van der Waals surface area contributed by atoms with Crippen LogP contribution in [0.15, 0.2) is 12.1 Å². The molecule has 0 aliphatic rings. The third-order valence-electron chi connectivity index (χ3n) is 6.66. The van der Waals surface area contributed by atoms with Gasteiger partial charge in [0.05, 0.1) is 11.1 Å². The Bertz CT molecular complexity index is 693. The highest BCUT2D eigenvalue weighted by Gasteiger charge is 2.24. The smallest absolute Gasteiger partial charge is 0.336 e. The van der Waals surface area contributed by atoms with E-state index in [2.05, 4.69) is 6.92 Å². The van der Waals surface area contributed by atoms with Crippen LogP contribution in [0.2, 0.25) is 0 Å². The Labute approximate surface area is 202 Å². The SMILES string of the molecule is CCCCCCCCCCCCCCCCCCc1ccc(C(=O)O)c(C(=O)O)c1C(C)C. The van der Waals surface area contributed by atoms with Crippen molar-refractivity contribution in [3.8, 4) is 0 Å². The number of aromatic carboxylic acids is 2. The Hall–Kier alpha value is -1.84. The number of aryl methyl sites for hydroxylation is 1. The van der Waals surface area contributed by atoms with Crippen LogP contribution in [0.3, 0.4) is 0 Å². The third-order valence-corrected chi connectivity index (χ3v) is 6.66. The quantitative estimate of drug-likeness (QED) is 0.190. The zero-order valence-electron chi connectivity index (χ0n) is 21.5. The summed E-state index contributed by atoms with van der Waals surface area (Å²) in [7, 11) is 0. The molecule has 0 aliphatic carbocycles. The highest BCUT2D eigenvalue weighted by Crippen LogP contribution is 2.29. The average molecular weight is 461 g/mol. The summed E-state index contributed by atoms with van der Waals surface area (Å²) in [6, 6.07) is 3.27. The van der Waals surface area contributed by atoms with Gasteiger partial charge in [0.1, 0.15) is 0 Å². The van der Waals surface area contributed by atoms with Crippen LogP contribution in [0, 0.1) is 0 Å². The number of carboxylic acid groups (broad SMARTS) is 2. The molecule has 0 saturated carbocycles. The summed E-state index contributed by atoms with van der Waals surface area (Å²) in [4.78, 5) is 23.2. The molecule has 0 unspecified atom stereocenters. The van der Waals surface area contributed by atoms with Gasteiger partial charge in [-0.25, -0.2) is 9.59 Å². The second kappa shape index (κ2) is 17.6. The van der Waals surface area contributed by atoms with Gasteiger partial charge >= 0.3 is 11.9 Å². The van der Waals surface area contributed by atoms with Gasteiger partial charge in [0.25, 0.3) is 0 Å². The van der Waals surface area contributed by atoms with Gasteiger partial charge in [-0.15, -0.1) is 0 Å². The molecule has 4 heteroatoms. The molecule has 2 N–H and O–H groups in total. The van der Waals surface area contributed by atoms with Gasteiger partial charge < -0.3 is 10.2 Å². The Morgan fingerprint density at radius 3 is 1.45 bits per heavy atom. The lowest BCUT2D eigenvalue weighted by Gasteiger charge is -2.18. The minimum atomic E-state index is -1.18. The summed E-state index contributed by atoms with van der Waals surface area (Å²) in [5.41, 5.74) is 1.52. The molecule has 1 rings (SSSR count). The molecule has 188 valence electrons. The van der Waals surface area contributed by atoms with Crippen molar-refractivity contribution in [2.45, 2.75) is 136 Å². The summed E-state index contributed by atoms with van der Waals surface area (Å²) in [6.07, 6.45) is 22.0. The average Bonchev–Trinajstić information content (AvgIpc) is 2.77. The first-order valence-corrected chi connectivity index (χ1v) is 13.5. The molecule has 0 radical (unpaired) electrons. The first-order chi connectivity index (χ1) is 15.9. The number of carbonyl (C=O) groups is 2. The number of rotatable bonds is 20.